The number of rotatable bonds is 1. The molecular weight excluding hydrogens is 240 g/mol. The molecule has 0 saturated heterocycles. The van der Waals surface area contributed by atoms with Gasteiger partial charge in [-0.15, -0.1) is 0 Å². The van der Waals surface area contributed by atoms with Gasteiger partial charge in [0.1, 0.15) is 0 Å². The SMILES string of the molecule is Cc1ccc2c(c1)C(=O)/C(=C/c1ccccc1)S2. The van der Waals surface area contributed by atoms with Gasteiger partial charge < -0.3 is 0 Å². The summed E-state index contributed by atoms with van der Waals surface area (Å²) in [4.78, 5) is 14.1. The minimum absolute atomic E-state index is 0.141. The molecule has 3 rings (SSSR count). The summed E-state index contributed by atoms with van der Waals surface area (Å²) < 4.78 is 0. The lowest BCUT2D eigenvalue weighted by Gasteiger charge is -1.95. The smallest absolute Gasteiger partial charge is 0.200 e. The molecule has 0 unspecified atom stereocenters. The molecule has 18 heavy (non-hydrogen) atoms. The number of carbonyl (C=O) groups is 1. The van der Waals surface area contributed by atoms with Crippen molar-refractivity contribution in [2.45, 2.75) is 11.8 Å². The van der Waals surface area contributed by atoms with Gasteiger partial charge in [-0.2, -0.15) is 0 Å². The van der Waals surface area contributed by atoms with Crippen LogP contribution in [0.3, 0.4) is 0 Å². The predicted molar refractivity (Wildman–Crippen MR) is 75.8 cm³/mol. The Morgan fingerprint density at radius 3 is 2.61 bits per heavy atom. The molecule has 1 aliphatic rings. The van der Waals surface area contributed by atoms with Gasteiger partial charge in [0, 0.05) is 10.5 Å². The van der Waals surface area contributed by atoms with Crippen LogP contribution >= 0.6 is 11.8 Å². The molecule has 2 aromatic carbocycles. The second kappa shape index (κ2) is 4.46. The van der Waals surface area contributed by atoms with Crippen molar-refractivity contribution in [1.82, 2.24) is 0 Å². The van der Waals surface area contributed by atoms with Crippen LogP contribution in [-0.2, 0) is 0 Å². The number of carbonyl (C=O) groups excluding carboxylic acids is 1. The number of aryl methyl sites for hydroxylation is 1. The molecule has 2 heteroatoms. The van der Waals surface area contributed by atoms with E-state index in [1.165, 1.54) is 0 Å². The molecule has 1 aliphatic heterocycles. The number of Topliss-reactive ketones (excluding diaryl/α,β-unsaturated/α-hetero) is 1. The van der Waals surface area contributed by atoms with E-state index < -0.39 is 0 Å². The van der Waals surface area contributed by atoms with Gasteiger partial charge in [0.15, 0.2) is 0 Å². The van der Waals surface area contributed by atoms with E-state index in [0.717, 1.165) is 26.5 Å². The zero-order valence-corrected chi connectivity index (χ0v) is 10.8. The number of thioether (sulfide) groups is 1. The lowest BCUT2D eigenvalue weighted by Crippen LogP contribution is -1.94. The molecule has 0 aromatic heterocycles. The largest absolute Gasteiger partial charge is 0.288 e. The number of ketones is 1. The molecule has 1 nitrogen and oxygen atoms in total. The Labute approximate surface area is 111 Å². The van der Waals surface area contributed by atoms with E-state index in [0.29, 0.717) is 0 Å². The van der Waals surface area contributed by atoms with E-state index in [9.17, 15) is 4.79 Å². The van der Waals surface area contributed by atoms with Crippen LogP contribution in [0.15, 0.2) is 58.3 Å². The fraction of sp³-hybridized carbons (Fsp3) is 0.0625. The molecular formula is C16H12OS. The van der Waals surface area contributed by atoms with Crippen LogP contribution in [-0.4, -0.2) is 5.78 Å². The Morgan fingerprint density at radius 1 is 1.06 bits per heavy atom. The average Bonchev–Trinajstić information content (AvgIpc) is 2.68. The molecule has 0 spiro atoms. The third-order valence-corrected chi connectivity index (χ3v) is 4.02. The molecule has 0 N–H and O–H groups in total. The molecule has 0 saturated carbocycles. The summed E-state index contributed by atoms with van der Waals surface area (Å²) in [7, 11) is 0. The molecule has 1 heterocycles. The van der Waals surface area contributed by atoms with Crippen LogP contribution < -0.4 is 0 Å². The Balaban J connectivity index is 2.00. The molecule has 88 valence electrons. The molecule has 0 radical (unpaired) electrons. The Kier molecular flexibility index (Phi) is 2.80. The Hall–Kier alpha value is -1.80. The van der Waals surface area contributed by atoms with E-state index >= 15 is 0 Å². The van der Waals surface area contributed by atoms with Crippen molar-refractivity contribution < 1.29 is 4.79 Å². The molecule has 0 bridgehead atoms. The van der Waals surface area contributed by atoms with E-state index in [2.05, 4.69) is 0 Å². The Bertz CT molecular complexity index is 641. The second-order valence-electron chi connectivity index (χ2n) is 4.35. The van der Waals surface area contributed by atoms with Gasteiger partial charge in [-0.1, -0.05) is 53.7 Å². The summed E-state index contributed by atoms with van der Waals surface area (Å²) >= 11 is 1.56. The minimum Gasteiger partial charge on any atom is -0.288 e. The average molecular weight is 252 g/mol. The summed E-state index contributed by atoms with van der Waals surface area (Å²) in [6, 6.07) is 16.0. The first-order valence-corrected chi connectivity index (χ1v) is 6.65. The minimum atomic E-state index is 0.141. The lowest BCUT2D eigenvalue weighted by molar-refractivity contribution is 0.104. The third kappa shape index (κ3) is 2.00. The van der Waals surface area contributed by atoms with Crippen LogP contribution in [0.1, 0.15) is 21.5 Å². The summed E-state index contributed by atoms with van der Waals surface area (Å²) in [5.41, 5.74) is 3.03. The van der Waals surface area contributed by atoms with Crippen LogP contribution in [0.25, 0.3) is 6.08 Å². The van der Waals surface area contributed by atoms with Gasteiger partial charge in [-0.25, -0.2) is 0 Å². The normalized spacial score (nSPS) is 16.1. The maximum absolute atomic E-state index is 12.3. The number of benzene rings is 2. The van der Waals surface area contributed by atoms with Crippen molar-refractivity contribution >= 4 is 23.6 Å². The third-order valence-electron chi connectivity index (χ3n) is 2.92. The van der Waals surface area contributed by atoms with Gasteiger partial charge in [0.2, 0.25) is 5.78 Å². The standard InChI is InChI=1S/C16H12OS/c1-11-7-8-14-13(9-11)16(17)15(18-14)10-12-5-3-2-4-6-12/h2-10H,1H3/b15-10-. The topological polar surface area (TPSA) is 17.1 Å². The van der Waals surface area contributed by atoms with E-state index in [1.807, 2.05) is 61.5 Å². The van der Waals surface area contributed by atoms with E-state index in [1.54, 1.807) is 11.8 Å². The zero-order chi connectivity index (χ0) is 12.5. The van der Waals surface area contributed by atoms with Crippen molar-refractivity contribution in [3.05, 3.63) is 70.1 Å². The monoisotopic (exact) mass is 252 g/mol. The molecule has 0 atom stereocenters. The molecule has 0 fully saturated rings. The summed E-state index contributed by atoms with van der Waals surface area (Å²) in [5.74, 6) is 0.141. The van der Waals surface area contributed by atoms with Crippen LogP contribution in [0.2, 0.25) is 0 Å². The van der Waals surface area contributed by atoms with Crippen molar-refractivity contribution in [3.63, 3.8) is 0 Å². The highest BCUT2D eigenvalue weighted by Crippen LogP contribution is 2.41. The number of fused-ring (bicyclic) bond motifs is 1. The predicted octanol–water partition coefficient (Wildman–Crippen LogP) is 4.32. The highest BCUT2D eigenvalue weighted by atomic mass is 32.2. The summed E-state index contributed by atoms with van der Waals surface area (Å²) in [6.07, 6.45) is 1.96. The fourth-order valence-electron chi connectivity index (χ4n) is 2.00. The highest BCUT2D eigenvalue weighted by Gasteiger charge is 2.25. The summed E-state index contributed by atoms with van der Waals surface area (Å²) in [5, 5.41) is 0. The van der Waals surface area contributed by atoms with Crippen LogP contribution in [0, 0.1) is 6.92 Å². The number of allylic oxidation sites excluding steroid dienone is 1. The van der Waals surface area contributed by atoms with Crippen molar-refractivity contribution in [2.75, 3.05) is 0 Å². The molecule has 0 amide bonds. The van der Waals surface area contributed by atoms with Crippen molar-refractivity contribution in [2.24, 2.45) is 0 Å². The fourth-order valence-corrected chi connectivity index (χ4v) is 3.04. The van der Waals surface area contributed by atoms with Crippen LogP contribution in [0.5, 0.6) is 0 Å². The van der Waals surface area contributed by atoms with Gasteiger partial charge in [0.25, 0.3) is 0 Å². The highest BCUT2D eigenvalue weighted by molar-refractivity contribution is 8.04. The van der Waals surface area contributed by atoms with Gasteiger partial charge in [-0.3, -0.25) is 4.79 Å². The quantitative estimate of drug-likeness (QED) is 0.703. The van der Waals surface area contributed by atoms with E-state index in [-0.39, 0.29) is 5.78 Å². The first-order chi connectivity index (χ1) is 8.74. The number of hydrogen-bond donors (Lipinski definition) is 0. The first kappa shape index (κ1) is 11.3. The van der Waals surface area contributed by atoms with Crippen LogP contribution in [0.4, 0.5) is 0 Å². The second-order valence-corrected chi connectivity index (χ2v) is 5.43. The lowest BCUT2D eigenvalue weighted by atomic mass is 10.1. The van der Waals surface area contributed by atoms with Gasteiger partial charge >= 0.3 is 0 Å². The molecule has 0 aliphatic carbocycles. The molecule has 2 aromatic rings. The van der Waals surface area contributed by atoms with Gasteiger partial charge in [-0.05, 0) is 30.7 Å². The maximum Gasteiger partial charge on any atom is 0.200 e. The Morgan fingerprint density at radius 2 is 1.83 bits per heavy atom. The van der Waals surface area contributed by atoms with Gasteiger partial charge in [0.05, 0.1) is 4.91 Å². The summed E-state index contributed by atoms with van der Waals surface area (Å²) in [6.45, 7) is 2.01. The van der Waals surface area contributed by atoms with E-state index in [4.69, 9.17) is 0 Å². The van der Waals surface area contributed by atoms with Crippen molar-refractivity contribution in [1.29, 1.82) is 0 Å². The maximum atomic E-state index is 12.3. The first-order valence-electron chi connectivity index (χ1n) is 5.84. The zero-order valence-electron chi connectivity index (χ0n) is 10.0. The number of hydrogen-bond acceptors (Lipinski definition) is 2. The van der Waals surface area contributed by atoms with Crippen molar-refractivity contribution in [3.8, 4) is 0 Å².